The van der Waals surface area contributed by atoms with Crippen LogP contribution in [-0.4, -0.2) is 50.8 Å². The minimum atomic E-state index is 0.00491. The third kappa shape index (κ3) is 1.70. The van der Waals surface area contributed by atoms with Crippen molar-refractivity contribution in [2.24, 2.45) is 0 Å². The van der Waals surface area contributed by atoms with E-state index in [1.54, 1.807) is 32.8 Å². The van der Waals surface area contributed by atoms with Gasteiger partial charge in [0.25, 0.3) is 0 Å². The van der Waals surface area contributed by atoms with Gasteiger partial charge in [-0.2, -0.15) is 5.10 Å². The molecule has 0 aliphatic rings. The van der Waals surface area contributed by atoms with Gasteiger partial charge in [0, 0.05) is 6.20 Å². The second kappa shape index (κ2) is 4.42. The lowest BCUT2D eigenvalue weighted by Crippen LogP contribution is -2.39. The Labute approximate surface area is 92.3 Å². The molecule has 2 aromatic heterocycles. The molecule has 0 amide bonds. The lowest BCUT2D eigenvalue weighted by atomic mass is 10.5. The Balaban J connectivity index is 2.38. The molecule has 2 rings (SSSR count). The van der Waals surface area contributed by atoms with Gasteiger partial charge in [0.05, 0.1) is 32.0 Å². The maximum absolute atomic E-state index is 8.96. The topological polar surface area (TPSA) is 92.0 Å². The second-order valence-corrected chi connectivity index (χ2v) is 3.42. The zero-order valence-corrected chi connectivity index (χ0v) is 8.82. The Kier molecular flexibility index (Phi) is 2.97. The van der Waals surface area contributed by atoms with E-state index < -0.39 is 0 Å². The number of rotatable bonds is 5. The summed E-state index contributed by atoms with van der Waals surface area (Å²) in [5.41, 5.74) is 7.17. The third-order valence-electron chi connectivity index (χ3n) is 2.39. The normalized spacial score (nSPS) is 11.1. The Hall–Kier alpha value is -1.73. The molecule has 0 saturated heterocycles. The van der Waals surface area contributed by atoms with Crippen molar-refractivity contribution in [1.29, 1.82) is 0 Å². The summed E-state index contributed by atoms with van der Waals surface area (Å²) in [7, 11) is 0. The Bertz CT molecular complexity index is 457. The second-order valence-electron chi connectivity index (χ2n) is 3.42. The van der Waals surface area contributed by atoms with Crippen molar-refractivity contribution in [3.63, 3.8) is 0 Å². The van der Waals surface area contributed by atoms with E-state index in [2.05, 4.69) is 5.10 Å². The van der Waals surface area contributed by atoms with Crippen LogP contribution >= 0.6 is 0 Å². The summed E-state index contributed by atoms with van der Waals surface area (Å²) in [6, 6.07) is 1.76. The van der Waals surface area contributed by atoms with Gasteiger partial charge in [0.15, 0.2) is 5.65 Å². The van der Waals surface area contributed by atoms with E-state index in [4.69, 9.17) is 15.9 Å². The van der Waals surface area contributed by atoms with Gasteiger partial charge in [-0.3, -0.25) is 0 Å². The van der Waals surface area contributed by atoms with Crippen LogP contribution in [0.15, 0.2) is 18.6 Å². The van der Waals surface area contributed by atoms with Gasteiger partial charge >= 0.3 is 0 Å². The van der Waals surface area contributed by atoms with Crippen LogP contribution in [0.2, 0.25) is 0 Å². The molecule has 0 saturated carbocycles. The van der Waals surface area contributed by atoms with Gasteiger partial charge in [0.1, 0.15) is 6.33 Å². The van der Waals surface area contributed by atoms with E-state index >= 15 is 0 Å². The SMILES string of the molecule is Nc1ccn2ncn(N(CCO)CCO)c12. The summed E-state index contributed by atoms with van der Waals surface area (Å²) in [5, 5.41) is 23.8. The van der Waals surface area contributed by atoms with Gasteiger partial charge in [-0.05, 0) is 6.07 Å². The van der Waals surface area contributed by atoms with Crippen molar-refractivity contribution in [3.8, 4) is 0 Å². The Morgan fingerprint density at radius 3 is 2.62 bits per heavy atom. The summed E-state index contributed by atoms with van der Waals surface area (Å²) < 4.78 is 3.39. The lowest BCUT2D eigenvalue weighted by molar-refractivity contribution is 0.266. The van der Waals surface area contributed by atoms with E-state index in [1.807, 2.05) is 0 Å². The molecule has 0 unspecified atom stereocenters. The minimum absolute atomic E-state index is 0.00491. The van der Waals surface area contributed by atoms with Crippen LogP contribution in [0, 0.1) is 0 Å². The summed E-state index contributed by atoms with van der Waals surface area (Å²) in [6.07, 6.45) is 3.37. The maximum atomic E-state index is 8.96. The molecule has 4 N–H and O–H groups in total. The zero-order valence-electron chi connectivity index (χ0n) is 8.82. The smallest absolute Gasteiger partial charge is 0.177 e. The van der Waals surface area contributed by atoms with Crippen molar-refractivity contribution in [2.75, 3.05) is 37.0 Å². The van der Waals surface area contributed by atoms with Gasteiger partial charge in [0.2, 0.25) is 0 Å². The molecule has 16 heavy (non-hydrogen) atoms. The first-order valence-electron chi connectivity index (χ1n) is 5.05. The van der Waals surface area contributed by atoms with Gasteiger partial charge < -0.3 is 21.0 Å². The average Bonchev–Trinajstić information content (AvgIpc) is 2.82. The number of aliphatic hydroxyl groups is 2. The van der Waals surface area contributed by atoms with Crippen molar-refractivity contribution in [3.05, 3.63) is 18.6 Å². The van der Waals surface area contributed by atoms with Gasteiger partial charge in [-0.1, -0.05) is 0 Å². The van der Waals surface area contributed by atoms with Crippen LogP contribution in [0.1, 0.15) is 0 Å². The molecule has 0 spiro atoms. The largest absolute Gasteiger partial charge is 0.396 e. The van der Waals surface area contributed by atoms with E-state index in [1.165, 1.54) is 0 Å². The molecule has 0 aliphatic heterocycles. The van der Waals surface area contributed by atoms with Crippen molar-refractivity contribution < 1.29 is 10.2 Å². The molecule has 0 aliphatic carbocycles. The van der Waals surface area contributed by atoms with Crippen LogP contribution < -0.4 is 10.7 Å². The van der Waals surface area contributed by atoms with E-state index in [-0.39, 0.29) is 13.2 Å². The molecular weight excluding hydrogens is 210 g/mol. The molecule has 7 nitrogen and oxygen atoms in total. The Morgan fingerprint density at radius 1 is 1.31 bits per heavy atom. The standard InChI is InChI=1S/C9H15N5O2/c10-8-1-2-13-9(8)14(7-11-13)12(3-5-15)4-6-16/h1-2,7,15-16H,3-6,10H2. The predicted molar refractivity (Wildman–Crippen MR) is 59.7 cm³/mol. The molecule has 2 aromatic rings. The van der Waals surface area contributed by atoms with Crippen molar-refractivity contribution in [1.82, 2.24) is 14.3 Å². The van der Waals surface area contributed by atoms with Crippen molar-refractivity contribution in [2.45, 2.75) is 0 Å². The number of anilines is 1. The number of nitrogens with zero attached hydrogens (tertiary/aromatic N) is 4. The fraction of sp³-hybridized carbons (Fsp3) is 0.444. The predicted octanol–water partition coefficient (Wildman–Crippen LogP) is -1.36. The minimum Gasteiger partial charge on any atom is -0.396 e. The molecule has 2 heterocycles. The number of fused-ring (bicyclic) bond motifs is 1. The van der Waals surface area contributed by atoms with Crippen LogP contribution in [0.3, 0.4) is 0 Å². The fourth-order valence-corrected chi connectivity index (χ4v) is 1.68. The highest BCUT2D eigenvalue weighted by Gasteiger charge is 2.11. The highest BCUT2D eigenvalue weighted by Crippen LogP contribution is 2.14. The molecule has 0 radical (unpaired) electrons. The number of nitrogens with two attached hydrogens (primary N) is 1. The summed E-state index contributed by atoms with van der Waals surface area (Å²) in [4.78, 5) is 0. The van der Waals surface area contributed by atoms with E-state index in [0.29, 0.717) is 18.8 Å². The van der Waals surface area contributed by atoms with Gasteiger partial charge in [-0.15, -0.1) is 0 Å². The molecule has 88 valence electrons. The summed E-state index contributed by atoms with van der Waals surface area (Å²) in [5.74, 6) is 0. The summed E-state index contributed by atoms with van der Waals surface area (Å²) >= 11 is 0. The average molecular weight is 225 g/mol. The number of nitrogen functional groups attached to an aromatic ring is 1. The van der Waals surface area contributed by atoms with Gasteiger partial charge in [-0.25, -0.2) is 9.19 Å². The zero-order chi connectivity index (χ0) is 11.5. The van der Waals surface area contributed by atoms with Crippen LogP contribution in [0.25, 0.3) is 5.65 Å². The number of hydrogen-bond acceptors (Lipinski definition) is 5. The first-order valence-corrected chi connectivity index (χ1v) is 5.05. The molecule has 7 heteroatoms. The summed E-state index contributed by atoms with van der Waals surface area (Å²) in [6.45, 7) is 0.838. The lowest BCUT2D eigenvalue weighted by Gasteiger charge is -2.23. The van der Waals surface area contributed by atoms with Crippen LogP contribution in [0.5, 0.6) is 0 Å². The first kappa shape index (κ1) is 10.8. The highest BCUT2D eigenvalue weighted by molar-refractivity contribution is 5.65. The number of hydrogen-bond donors (Lipinski definition) is 3. The fourth-order valence-electron chi connectivity index (χ4n) is 1.68. The number of aliphatic hydroxyl groups excluding tert-OH is 2. The molecule has 0 bridgehead atoms. The van der Waals surface area contributed by atoms with Crippen LogP contribution in [0.4, 0.5) is 5.69 Å². The maximum Gasteiger partial charge on any atom is 0.177 e. The molecular formula is C9H15N5O2. The molecule has 0 atom stereocenters. The van der Waals surface area contributed by atoms with Crippen molar-refractivity contribution >= 4 is 11.3 Å². The Morgan fingerprint density at radius 2 is 2.00 bits per heavy atom. The van der Waals surface area contributed by atoms with E-state index in [0.717, 1.165) is 5.65 Å². The molecule has 0 fully saturated rings. The monoisotopic (exact) mass is 225 g/mol. The highest BCUT2D eigenvalue weighted by atomic mass is 16.3. The quantitative estimate of drug-likeness (QED) is 0.584. The van der Waals surface area contributed by atoms with Crippen LogP contribution in [-0.2, 0) is 0 Å². The third-order valence-corrected chi connectivity index (χ3v) is 2.39. The first-order chi connectivity index (χ1) is 7.77. The van der Waals surface area contributed by atoms with E-state index in [9.17, 15) is 0 Å². The number of aromatic nitrogens is 3. The molecule has 0 aromatic carbocycles.